The van der Waals surface area contributed by atoms with E-state index in [1.165, 1.54) is 6.07 Å². The normalized spacial score (nSPS) is 12.6. The van der Waals surface area contributed by atoms with Crippen LogP contribution in [0.2, 0.25) is 0 Å². The second-order valence-electron chi connectivity index (χ2n) is 4.94. The fraction of sp³-hybridized carbons (Fsp3) is 0.118. The van der Waals surface area contributed by atoms with Gasteiger partial charge in [-0.15, -0.1) is 0 Å². The van der Waals surface area contributed by atoms with E-state index in [1.807, 2.05) is 30.3 Å². The van der Waals surface area contributed by atoms with Crippen LogP contribution in [-0.4, -0.2) is 4.98 Å². The maximum atomic E-state index is 13.7. The third-order valence-corrected chi connectivity index (χ3v) is 3.59. The molecule has 3 aromatic rings. The van der Waals surface area contributed by atoms with Gasteiger partial charge in [0, 0.05) is 17.8 Å². The number of nitrogens with two attached hydrogens (primary N) is 1. The molecule has 0 aliphatic heterocycles. The zero-order chi connectivity index (χ0) is 14.1. The Balaban J connectivity index is 2.12. The van der Waals surface area contributed by atoms with Gasteiger partial charge < -0.3 is 5.73 Å². The smallest absolute Gasteiger partial charge is 0.126 e. The summed E-state index contributed by atoms with van der Waals surface area (Å²) in [5.41, 5.74) is 8.58. The number of aromatic nitrogens is 1. The van der Waals surface area contributed by atoms with Crippen molar-refractivity contribution >= 4 is 10.8 Å². The maximum Gasteiger partial charge on any atom is 0.126 e. The second-order valence-corrected chi connectivity index (χ2v) is 4.94. The number of halogens is 1. The van der Waals surface area contributed by atoms with Crippen LogP contribution in [0.3, 0.4) is 0 Å². The number of hydrogen-bond donors (Lipinski definition) is 1. The lowest BCUT2D eigenvalue weighted by molar-refractivity contribution is 0.614. The molecule has 2 aromatic carbocycles. The number of aryl methyl sites for hydroxylation is 1. The predicted molar refractivity (Wildman–Crippen MR) is 78.9 cm³/mol. The third kappa shape index (κ3) is 2.17. The van der Waals surface area contributed by atoms with E-state index in [-0.39, 0.29) is 11.9 Å². The van der Waals surface area contributed by atoms with Gasteiger partial charge in [-0.1, -0.05) is 36.4 Å². The van der Waals surface area contributed by atoms with Gasteiger partial charge in [0.25, 0.3) is 0 Å². The van der Waals surface area contributed by atoms with Crippen molar-refractivity contribution in [1.29, 1.82) is 0 Å². The molecule has 2 N–H and O–H groups in total. The van der Waals surface area contributed by atoms with Gasteiger partial charge in [0.1, 0.15) is 5.82 Å². The third-order valence-electron chi connectivity index (χ3n) is 3.59. The van der Waals surface area contributed by atoms with Crippen molar-refractivity contribution in [2.45, 2.75) is 13.0 Å². The Morgan fingerprint density at radius 2 is 1.90 bits per heavy atom. The molecule has 3 rings (SSSR count). The summed E-state index contributed by atoms with van der Waals surface area (Å²) in [4.78, 5) is 4.23. The highest BCUT2D eigenvalue weighted by Gasteiger charge is 2.13. The summed E-state index contributed by atoms with van der Waals surface area (Å²) in [5.74, 6) is -0.230. The first-order chi connectivity index (χ1) is 9.66. The second kappa shape index (κ2) is 5.02. The molecule has 0 aliphatic rings. The summed E-state index contributed by atoms with van der Waals surface area (Å²) in [6, 6.07) is 12.7. The first kappa shape index (κ1) is 12.8. The number of benzene rings is 2. The van der Waals surface area contributed by atoms with Gasteiger partial charge in [0.15, 0.2) is 0 Å². The Bertz CT molecular complexity index is 763. The molecular formula is C17H15FN2. The van der Waals surface area contributed by atoms with Gasteiger partial charge in [-0.2, -0.15) is 0 Å². The Morgan fingerprint density at radius 1 is 1.10 bits per heavy atom. The molecule has 2 nitrogen and oxygen atoms in total. The molecule has 0 saturated carbocycles. The van der Waals surface area contributed by atoms with Crippen LogP contribution in [0.4, 0.5) is 4.39 Å². The van der Waals surface area contributed by atoms with E-state index in [0.717, 1.165) is 21.9 Å². The van der Waals surface area contributed by atoms with Gasteiger partial charge in [0.2, 0.25) is 0 Å². The minimum atomic E-state index is -0.385. The highest BCUT2D eigenvalue weighted by molar-refractivity contribution is 5.85. The van der Waals surface area contributed by atoms with Crippen molar-refractivity contribution in [3.05, 3.63) is 77.4 Å². The zero-order valence-corrected chi connectivity index (χ0v) is 11.2. The number of pyridine rings is 1. The molecule has 0 fully saturated rings. The van der Waals surface area contributed by atoms with E-state index in [0.29, 0.717) is 5.56 Å². The lowest BCUT2D eigenvalue weighted by Crippen LogP contribution is -2.13. The first-order valence-electron chi connectivity index (χ1n) is 6.51. The molecule has 0 radical (unpaired) electrons. The van der Waals surface area contributed by atoms with Crippen molar-refractivity contribution in [1.82, 2.24) is 4.98 Å². The number of nitrogens with zero attached hydrogens (tertiary/aromatic N) is 1. The van der Waals surface area contributed by atoms with Gasteiger partial charge in [-0.25, -0.2) is 4.39 Å². The lowest BCUT2D eigenvalue weighted by Gasteiger charge is -2.15. The van der Waals surface area contributed by atoms with Gasteiger partial charge in [0.05, 0.1) is 6.04 Å². The summed E-state index contributed by atoms with van der Waals surface area (Å²) in [7, 11) is 0. The molecule has 20 heavy (non-hydrogen) atoms. The average molecular weight is 266 g/mol. The van der Waals surface area contributed by atoms with Crippen molar-refractivity contribution in [3.8, 4) is 0 Å². The topological polar surface area (TPSA) is 38.9 Å². The Labute approximate surface area is 117 Å². The maximum absolute atomic E-state index is 13.7. The lowest BCUT2D eigenvalue weighted by atomic mass is 9.96. The number of hydrogen-bond acceptors (Lipinski definition) is 2. The monoisotopic (exact) mass is 266 g/mol. The van der Waals surface area contributed by atoms with Crippen LogP contribution in [0.25, 0.3) is 10.8 Å². The fourth-order valence-corrected chi connectivity index (χ4v) is 2.37. The van der Waals surface area contributed by atoms with Crippen molar-refractivity contribution in [2.75, 3.05) is 0 Å². The molecule has 0 saturated heterocycles. The molecular weight excluding hydrogens is 251 g/mol. The van der Waals surface area contributed by atoms with Crippen LogP contribution in [0.15, 0.2) is 54.9 Å². The molecule has 0 aliphatic carbocycles. The molecule has 3 heteroatoms. The standard InChI is InChI=1S/C17H15FN2/c1-11-6-7-12(8-16(11)18)17(19)15-10-20-9-13-4-2-3-5-14(13)15/h2-10,17H,19H2,1H3. The largest absolute Gasteiger partial charge is 0.320 e. The van der Waals surface area contributed by atoms with E-state index in [4.69, 9.17) is 5.73 Å². The van der Waals surface area contributed by atoms with E-state index in [2.05, 4.69) is 4.98 Å². The van der Waals surface area contributed by atoms with Crippen molar-refractivity contribution in [2.24, 2.45) is 5.73 Å². The Hall–Kier alpha value is -2.26. The molecule has 0 spiro atoms. The molecule has 1 aromatic heterocycles. The van der Waals surface area contributed by atoms with Gasteiger partial charge in [-0.3, -0.25) is 4.98 Å². The predicted octanol–water partition coefficient (Wildman–Crippen LogP) is 3.73. The van der Waals surface area contributed by atoms with Crippen LogP contribution >= 0.6 is 0 Å². The van der Waals surface area contributed by atoms with E-state index >= 15 is 0 Å². The average Bonchev–Trinajstić information content (AvgIpc) is 2.49. The van der Waals surface area contributed by atoms with Gasteiger partial charge in [-0.05, 0) is 35.1 Å². The molecule has 100 valence electrons. The fourth-order valence-electron chi connectivity index (χ4n) is 2.37. The number of rotatable bonds is 2. The minimum Gasteiger partial charge on any atom is -0.320 e. The zero-order valence-electron chi connectivity index (χ0n) is 11.2. The summed E-state index contributed by atoms with van der Waals surface area (Å²) < 4.78 is 13.7. The Morgan fingerprint density at radius 3 is 2.70 bits per heavy atom. The van der Waals surface area contributed by atoms with Gasteiger partial charge >= 0.3 is 0 Å². The Kier molecular flexibility index (Phi) is 3.20. The first-order valence-corrected chi connectivity index (χ1v) is 6.51. The van der Waals surface area contributed by atoms with Crippen LogP contribution in [0.5, 0.6) is 0 Å². The summed E-state index contributed by atoms with van der Waals surface area (Å²) in [6.07, 6.45) is 3.56. The van der Waals surface area contributed by atoms with Crippen LogP contribution in [-0.2, 0) is 0 Å². The SMILES string of the molecule is Cc1ccc(C(N)c2cncc3ccccc23)cc1F. The molecule has 1 unspecified atom stereocenters. The van der Waals surface area contributed by atoms with E-state index in [1.54, 1.807) is 25.4 Å². The minimum absolute atomic E-state index is 0.230. The molecule has 0 bridgehead atoms. The van der Waals surface area contributed by atoms with E-state index < -0.39 is 0 Å². The van der Waals surface area contributed by atoms with Crippen molar-refractivity contribution in [3.63, 3.8) is 0 Å². The van der Waals surface area contributed by atoms with Crippen LogP contribution < -0.4 is 5.73 Å². The van der Waals surface area contributed by atoms with E-state index in [9.17, 15) is 4.39 Å². The summed E-state index contributed by atoms with van der Waals surface area (Å²) >= 11 is 0. The molecule has 0 amide bonds. The molecule has 1 heterocycles. The van der Waals surface area contributed by atoms with Crippen LogP contribution in [0, 0.1) is 12.7 Å². The summed E-state index contributed by atoms with van der Waals surface area (Å²) in [5, 5.41) is 2.09. The molecule has 1 atom stereocenters. The quantitative estimate of drug-likeness (QED) is 0.767. The highest BCUT2D eigenvalue weighted by Crippen LogP contribution is 2.27. The van der Waals surface area contributed by atoms with Crippen LogP contribution in [0.1, 0.15) is 22.7 Å². The summed E-state index contributed by atoms with van der Waals surface area (Å²) in [6.45, 7) is 1.74. The highest BCUT2D eigenvalue weighted by atomic mass is 19.1. The number of fused-ring (bicyclic) bond motifs is 1. The van der Waals surface area contributed by atoms with Crippen molar-refractivity contribution < 1.29 is 4.39 Å².